The number of benzene rings is 1. The number of hydrogen-bond acceptors (Lipinski definition) is 3. The zero-order chi connectivity index (χ0) is 14.2. The molecule has 1 atom stereocenters. The van der Waals surface area contributed by atoms with E-state index in [1.807, 2.05) is 55.9 Å². The van der Waals surface area contributed by atoms with Crippen molar-refractivity contribution < 1.29 is 9.53 Å². The van der Waals surface area contributed by atoms with Crippen molar-refractivity contribution in [2.24, 2.45) is 18.2 Å². The van der Waals surface area contributed by atoms with Gasteiger partial charge in [-0.2, -0.15) is 0 Å². The molecule has 0 aliphatic carbocycles. The van der Waals surface area contributed by atoms with Gasteiger partial charge in [0.15, 0.2) is 0 Å². The van der Waals surface area contributed by atoms with Crippen molar-refractivity contribution in [1.82, 2.24) is 4.57 Å². The van der Waals surface area contributed by atoms with Crippen LogP contribution in [0.2, 0.25) is 0 Å². The molecule has 1 heterocycles. The van der Waals surface area contributed by atoms with Gasteiger partial charge in [-0.15, -0.1) is 0 Å². The smallest absolute Gasteiger partial charge is 0.313 e. The molecule has 0 bridgehead atoms. The standard InChI is InChI=1S/C15H20N2O2/c1-15(2,14(18)19-4)13(16)11-9-17(3)12-8-6-5-7-10(11)12/h5-9,13H,16H2,1-4H3. The summed E-state index contributed by atoms with van der Waals surface area (Å²) in [5, 5.41) is 1.08. The van der Waals surface area contributed by atoms with E-state index in [-0.39, 0.29) is 5.97 Å². The van der Waals surface area contributed by atoms with E-state index in [9.17, 15) is 4.79 Å². The van der Waals surface area contributed by atoms with Crippen LogP contribution in [-0.4, -0.2) is 17.6 Å². The molecule has 19 heavy (non-hydrogen) atoms. The highest BCUT2D eigenvalue weighted by atomic mass is 16.5. The summed E-state index contributed by atoms with van der Waals surface area (Å²) in [4.78, 5) is 11.9. The number of rotatable bonds is 3. The van der Waals surface area contributed by atoms with Gasteiger partial charge < -0.3 is 15.0 Å². The second-order valence-corrected chi connectivity index (χ2v) is 5.40. The van der Waals surface area contributed by atoms with Gasteiger partial charge in [0.1, 0.15) is 0 Å². The molecule has 0 amide bonds. The van der Waals surface area contributed by atoms with Gasteiger partial charge >= 0.3 is 5.97 Å². The maximum atomic E-state index is 11.9. The number of nitrogens with zero attached hydrogens (tertiary/aromatic N) is 1. The molecule has 0 radical (unpaired) electrons. The van der Waals surface area contributed by atoms with Gasteiger partial charge in [0.2, 0.25) is 0 Å². The Kier molecular flexibility index (Phi) is 3.37. The van der Waals surface area contributed by atoms with E-state index in [0.717, 1.165) is 16.5 Å². The summed E-state index contributed by atoms with van der Waals surface area (Å²) in [6.07, 6.45) is 1.99. The number of aromatic nitrogens is 1. The Bertz CT molecular complexity index is 614. The highest BCUT2D eigenvalue weighted by Crippen LogP contribution is 2.36. The molecule has 102 valence electrons. The topological polar surface area (TPSA) is 57.2 Å². The van der Waals surface area contributed by atoms with Gasteiger partial charge in [0, 0.05) is 30.2 Å². The fourth-order valence-corrected chi connectivity index (χ4v) is 2.40. The molecular weight excluding hydrogens is 240 g/mol. The van der Waals surface area contributed by atoms with Gasteiger partial charge in [0.05, 0.1) is 12.5 Å². The van der Waals surface area contributed by atoms with Crippen LogP contribution in [0.15, 0.2) is 30.5 Å². The van der Waals surface area contributed by atoms with E-state index >= 15 is 0 Å². The molecule has 1 unspecified atom stereocenters. The summed E-state index contributed by atoms with van der Waals surface area (Å²) < 4.78 is 6.88. The zero-order valence-corrected chi connectivity index (χ0v) is 11.8. The van der Waals surface area contributed by atoms with Crippen LogP contribution in [0.4, 0.5) is 0 Å². The van der Waals surface area contributed by atoms with Crippen molar-refractivity contribution in [3.8, 4) is 0 Å². The summed E-state index contributed by atoms with van der Waals surface area (Å²) >= 11 is 0. The number of ether oxygens (including phenoxy) is 1. The van der Waals surface area contributed by atoms with E-state index < -0.39 is 11.5 Å². The number of fused-ring (bicyclic) bond motifs is 1. The molecule has 4 nitrogen and oxygen atoms in total. The third-order valence-electron chi connectivity index (χ3n) is 3.75. The van der Waals surface area contributed by atoms with Crippen LogP contribution in [0, 0.1) is 5.41 Å². The number of carbonyl (C=O) groups is 1. The number of nitrogens with two attached hydrogens (primary N) is 1. The quantitative estimate of drug-likeness (QED) is 0.862. The molecule has 0 fully saturated rings. The molecule has 1 aromatic heterocycles. The lowest BCUT2D eigenvalue weighted by Gasteiger charge is -2.28. The van der Waals surface area contributed by atoms with Crippen molar-refractivity contribution >= 4 is 16.9 Å². The molecular formula is C15H20N2O2. The number of hydrogen-bond donors (Lipinski definition) is 1. The third-order valence-corrected chi connectivity index (χ3v) is 3.75. The summed E-state index contributed by atoms with van der Waals surface area (Å²) in [6, 6.07) is 7.62. The zero-order valence-electron chi connectivity index (χ0n) is 11.8. The van der Waals surface area contributed by atoms with Crippen LogP contribution in [-0.2, 0) is 16.6 Å². The minimum absolute atomic E-state index is 0.298. The van der Waals surface area contributed by atoms with E-state index in [1.165, 1.54) is 7.11 Å². The van der Waals surface area contributed by atoms with Crippen molar-refractivity contribution in [2.75, 3.05) is 7.11 Å². The van der Waals surface area contributed by atoms with Crippen LogP contribution in [0.5, 0.6) is 0 Å². The van der Waals surface area contributed by atoms with E-state index in [0.29, 0.717) is 0 Å². The first kappa shape index (κ1) is 13.6. The van der Waals surface area contributed by atoms with Gasteiger partial charge in [-0.25, -0.2) is 0 Å². The van der Waals surface area contributed by atoms with Crippen molar-refractivity contribution in [3.05, 3.63) is 36.0 Å². The first-order chi connectivity index (χ1) is 8.89. The van der Waals surface area contributed by atoms with E-state index in [4.69, 9.17) is 10.5 Å². The number of para-hydroxylation sites is 1. The molecule has 0 saturated carbocycles. The molecule has 0 aliphatic heterocycles. The van der Waals surface area contributed by atoms with Gasteiger partial charge in [0.25, 0.3) is 0 Å². The molecule has 0 spiro atoms. The second kappa shape index (κ2) is 4.70. The molecule has 0 aliphatic rings. The minimum Gasteiger partial charge on any atom is -0.469 e. The van der Waals surface area contributed by atoms with Gasteiger partial charge in [-0.05, 0) is 25.5 Å². The highest BCUT2D eigenvalue weighted by Gasteiger charge is 2.37. The maximum Gasteiger partial charge on any atom is 0.313 e. The Morgan fingerprint density at radius 2 is 2.00 bits per heavy atom. The highest BCUT2D eigenvalue weighted by molar-refractivity contribution is 5.86. The number of carbonyl (C=O) groups excluding carboxylic acids is 1. The first-order valence-electron chi connectivity index (χ1n) is 6.27. The fourth-order valence-electron chi connectivity index (χ4n) is 2.40. The van der Waals surface area contributed by atoms with Crippen molar-refractivity contribution in [3.63, 3.8) is 0 Å². The summed E-state index contributed by atoms with van der Waals surface area (Å²) in [5.41, 5.74) is 7.62. The van der Waals surface area contributed by atoms with Crippen molar-refractivity contribution in [2.45, 2.75) is 19.9 Å². The average Bonchev–Trinajstić information content (AvgIpc) is 2.74. The van der Waals surface area contributed by atoms with Crippen molar-refractivity contribution in [1.29, 1.82) is 0 Å². The van der Waals surface area contributed by atoms with E-state index in [1.54, 1.807) is 0 Å². The Morgan fingerprint density at radius 1 is 1.37 bits per heavy atom. The molecule has 2 N–H and O–H groups in total. The Balaban J connectivity index is 2.53. The molecule has 4 heteroatoms. The molecule has 1 aromatic carbocycles. The van der Waals surface area contributed by atoms with Crippen LogP contribution >= 0.6 is 0 Å². The Labute approximate surface area is 113 Å². The van der Waals surface area contributed by atoms with Crippen LogP contribution in [0.25, 0.3) is 10.9 Å². The van der Waals surface area contributed by atoms with Gasteiger partial charge in [-0.3, -0.25) is 4.79 Å². The number of methoxy groups -OCH3 is 1. The Hall–Kier alpha value is -1.81. The monoisotopic (exact) mass is 260 g/mol. The largest absolute Gasteiger partial charge is 0.469 e. The average molecular weight is 260 g/mol. The third kappa shape index (κ3) is 2.12. The van der Waals surface area contributed by atoms with Crippen LogP contribution in [0.1, 0.15) is 25.5 Å². The maximum absolute atomic E-state index is 11.9. The normalized spacial score (nSPS) is 13.5. The summed E-state index contributed by atoms with van der Waals surface area (Å²) in [5.74, 6) is -0.298. The van der Waals surface area contributed by atoms with Gasteiger partial charge in [-0.1, -0.05) is 18.2 Å². The molecule has 0 saturated heterocycles. The predicted molar refractivity (Wildman–Crippen MR) is 75.6 cm³/mol. The summed E-state index contributed by atoms with van der Waals surface area (Å²) in [7, 11) is 3.36. The lowest BCUT2D eigenvalue weighted by molar-refractivity contribution is -0.152. The second-order valence-electron chi connectivity index (χ2n) is 5.40. The van der Waals surface area contributed by atoms with Crippen LogP contribution < -0.4 is 5.73 Å². The fraction of sp³-hybridized carbons (Fsp3) is 0.400. The lowest BCUT2D eigenvalue weighted by Crippen LogP contribution is -2.37. The van der Waals surface area contributed by atoms with Crippen LogP contribution in [0.3, 0.4) is 0 Å². The lowest BCUT2D eigenvalue weighted by atomic mass is 9.81. The van der Waals surface area contributed by atoms with E-state index in [2.05, 4.69) is 0 Å². The number of aryl methyl sites for hydroxylation is 1. The molecule has 2 rings (SSSR count). The Morgan fingerprint density at radius 3 is 2.63 bits per heavy atom. The predicted octanol–water partition coefficient (Wildman–Crippen LogP) is 2.38. The summed E-state index contributed by atoms with van der Waals surface area (Å²) in [6.45, 7) is 3.62. The number of esters is 1. The first-order valence-corrected chi connectivity index (χ1v) is 6.27. The molecule has 2 aromatic rings. The minimum atomic E-state index is -0.765. The SMILES string of the molecule is COC(=O)C(C)(C)C(N)c1cn(C)c2ccccc12.